The highest BCUT2D eigenvalue weighted by Crippen LogP contribution is 2.21. The molecule has 0 amide bonds. The third kappa shape index (κ3) is 4.09. The lowest BCUT2D eigenvalue weighted by Crippen LogP contribution is -2.32. The lowest BCUT2D eigenvalue weighted by Gasteiger charge is -2.25. The van der Waals surface area contributed by atoms with Gasteiger partial charge in [0.25, 0.3) is 0 Å². The number of hydrogen-bond donors (Lipinski definition) is 1. The normalized spacial score (nSPS) is 13.3. The van der Waals surface area contributed by atoms with Gasteiger partial charge in [-0.25, -0.2) is 0 Å². The zero-order chi connectivity index (χ0) is 13.5. The second kappa shape index (κ2) is 7.52. The molecule has 0 aromatic heterocycles. The zero-order valence-corrected chi connectivity index (χ0v) is 12.1. The van der Waals surface area contributed by atoms with Crippen LogP contribution in [-0.4, -0.2) is 27.6 Å². The smallest absolute Gasteiger partial charge is 0.176 e. The minimum Gasteiger partial charge on any atom is -0.354 e. The van der Waals surface area contributed by atoms with Crippen LogP contribution in [0.5, 0.6) is 0 Å². The summed E-state index contributed by atoms with van der Waals surface area (Å²) in [4.78, 5) is 0. The molecule has 1 N–H and O–H groups in total. The molecule has 0 fully saturated rings. The molecule has 1 aromatic carbocycles. The lowest BCUT2D eigenvalue weighted by molar-refractivity contribution is -0.123. The molecule has 18 heavy (non-hydrogen) atoms. The Bertz CT molecular complexity index is 348. The quantitative estimate of drug-likeness (QED) is 0.756. The summed E-state index contributed by atoms with van der Waals surface area (Å²) in [6.45, 7) is 4.46. The van der Waals surface area contributed by atoms with Gasteiger partial charge in [-0.15, -0.1) is 0 Å². The monoisotopic (exact) mass is 251 g/mol. The summed E-state index contributed by atoms with van der Waals surface area (Å²) in [5.41, 5.74) is 2.55. The highest BCUT2D eigenvalue weighted by molar-refractivity contribution is 5.27. The van der Waals surface area contributed by atoms with E-state index >= 15 is 0 Å². The summed E-state index contributed by atoms with van der Waals surface area (Å²) in [7, 11) is 5.25. The highest BCUT2D eigenvalue weighted by Gasteiger charge is 2.21. The highest BCUT2D eigenvalue weighted by atomic mass is 16.7. The van der Waals surface area contributed by atoms with Crippen LogP contribution in [0, 0.1) is 5.92 Å². The number of nitrogens with one attached hydrogen (secondary N) is 1. The van der Waals surface area contributed by atoms with Crippen molar-refractivity contribution in [2.24, 2.45) is 5.92 Å². The van der Waals surface area contributed by atoms with Gasteiger partial charge in [0.1, 0.15) is 0 Å². The minimum atomic E-state index is -0.274. The molecule has 0 saturated heterocycles. The summed E-state index contributed by atoms with van der Waals surface area (Å²) in [6.07, 6.45) is 0.818. The van der Waals surface area contributed by atoms with Gasteiger partial charge < -0.3 is 14.8 Å². The topological polar surface area (TPSA) is 30.5 Å². The predicted molar refractivity (Wildman–Crippen MR) is 74.6 cm³/mol. The maximum atomic E-state index is 5.34. The van der Waals surface area contributed by atoms with Crippen molar-refractivity contribution in [3.63, 3.8) is 0 Å². The second-order valence-electron chi connectivity index (χ2n) is 4.95. The number of ether oxygens (including phenoxy) is 2. The molecule has 1 unspecified atom stereocenters. The number of benzene rings is 1. The van der Waals surface area contributed by atoms with E-state index in [0.29, 0.717) is 5.92 Å². The Balaban J connectivity index is 2.91. The molecule has 0 aliphatic carbocycles. The average Bonchev–Trinajstić information content (AvgIpc) is 2.35. The zero-order valence-electron chi connectivity index (χ0n) is 12.1. The van der Waals surface area contributed by atoms with Crippen molar-refractivity contribution in [2.45, 2.75) is 32.6 Å². The number of rotatable bonds is 7. The third-order valence-electron chi connectivity index (χ3n) is 3.00. The Morgan fingerprint density at radius 1 is 1.17 bits per heavy atom. The van der Waals surface area contributed by atoms with Crippen molar-refractivity contribution in [3.05, 3.63) is 35.4 Å². The van der Waals surface area contributed by atoms with Gasteiger partial charge in [-0.2, -0.15) is 0 Å². The van der Waals surface area contributed by atoms with E-state index in [0.717, 1.165) is 6.42 Å². The van der Waals surface area contributed by atoms with Crippen LogP contribution < -0.4 is 5.32 Å². The summed E-state index contributed by atoms with van der Waals surface area (Å²) < 4.78 is 10.7. The first-order valence-corrected chi connectivity index (χ1v) is 6.44. The van der Waals surface area contributed by atoms with Crippen LogP contribution in [0.1, 0.15) is 31.0 Å². The molecule has 0 aliphatic rings. The standard InChI is InChI=1S/C15H25NO2/c1-11(2)9-12-7-6-8-13(10-12)14(16-3)15(17-4)18-5/h6-8,10-11,14-16H,9H2,1-5H3. The summed E-state index contributed by atoms with van der Waals surface area (Å²) in [6, 6.07) is 8.65. The maximum absolute atomic E-state index is 5.34. The summed E-state index contributed by atoms with van der Waals surface area (Å²) in [5, 5.41) is 3.25. The molecular weight excluding hydrogens is 226 g/mol. The van der Waals surface area contributed by atoms with E-state index in [1.807, 2.05) is 7.05 Å². The molecule has 0 saturated carbocycles. The minimum absolute atomic E-state index is 0.0483. The van der Waals surface area contributed by atoms with Gasteiger partial charge in [-0.1, -0.05) is 38.1 Å². The van der Waals surface area contributed by atoms with Gasteiger partial charge in [-0.3, -0.25) is 0 Å². The van der Waals surface area contributed by atoms with Crippen molar-refractivity contribution < 1.29 is 9.47 Å². The van der Waals surface area contributed by atoms with E-state index in [-0.39, 0.29) is 12.3 Å². The fraction of sp³-hybridized carbons (Fsp3) is 0.600. The van der Waals surface area contributed by atoms with E-state index in [4.69, 9.17) is 9.47 Å². The molecule has 0 spiro atoms. The Morgan fingerprint density at radius 2 is 1.83 bits per heavy atom. The number of hydrogen-bond acceptors (Lipinski definition) is 3. The van der Waals surface area contributed by atoms with E-state index in [1.165, 1.54) is 11.1 Å². The van der Waals surface area contributed by atoms with E-state index < -0.39 is 0 Å². The number of likely N-dealkylation sites (N-methyl/N-ethyl adjacent to an activating group) is 1. The van der Waals surface area contributed by atoms with E-state index in [1.54, 1.807) is 14.2 Å². The molecule has 1 aromatic rings. The molecule has 102 valence electrons. The molecular formula is C15H25NO2. The van der Waals surface area contributed by atoms with Crippen molar-refractivity contribution in [3.8, 4) is 0 Å². The Hall–Kier alpha value is -0.900. The second-order valence-corrected chi connectivity index (χ2v) is 4.95. The number of methoxy groups -OCH3 is 2. The van der Waals surface area contributed by atoms with E-state index in [9.17, 15) is 0 Å². The molecule has 1 rings (SSSR count). The van der Waals surface area contributed by atoms with Gasteiger partial charge in [0, 0.05) is 14.2 Å². The van der Waals surface area contributed by atoms with Crippen LogP contribution in [-0.2, 0) is 15.9 Å². The van der Waals surface area contributed by atoms with Crippen molar-refractivity contribution in [1.29, 1.82) is 0 Å². The first-order valence-electron chi connectivity index (χ1n) is 6.44. The largest absolute Gasteiger partial charge is 0.354 e. The van der Waals surface area contributed by atoms with Crippen LogP contribution in [0.25, 0.3) is 0 Å². The lowest BCUT2D eigenvalue weighted by atomic mass is 9.98. The van der Waals surface area contributed by atoms with Gasteiger partial charge in [-0.05, 0) is 30.5 Å². The van der Waals surface area contributed by atoms with Crippen molar-refractivity contribution in [1.82, 2.24) is 5.32 Å². The van der Waals surface area contributed by atoms with Gasteiger partial charge >= 0.3 is 0 Å². The molecule has 3 nitrogen and oxygen atoms in total. The van der Waals surface area contributed by atoms with E-state index in [2.05, 4.69) is 43.4 Å². The van der Waals surface area contributed by atoms with Gasteiger partial charge in [0.2, 0.25) is 0 Å². The van der Waals surface area contributed by atoms with Gasteiger partial charge in [0.05, 0.1) is 6.04 Å². The Kier molecular flexibility index (Phi) is 6.33. The first-order chi connectivity index (χ1) is 8.62. The molecule has 0 heterocycles. The van der Waals surface area contributed by atoms with Crippen molar-refractivity contribution in [2.75, 3.05) is 21.3 Å². The van der Waals surface area contributed by atoms with Crippen LogP contribution in [0.2, 0.25) is 0 Å². The molecule has 1 atom stereocenters. The average molecular weight is 251 g/mol. The third-order valence-corrected chi connectivity index (χ3v) is 3.00. The van der Waals surface area contributed by atoms with Crippen LogP contribution in [0.3, 0.4) is 0 Å². The molecule has 3 heteroatoms. The molecule has 0 bridgehead atoms. The van der Waals surface area contributed by atoms with Crippen LogP contribution >= 0.6 is 0 Å². The molecule has 0 aliphatic heterocycles. The Morgan fingerprint density at radius 3 is 2.33 bits per heavy atom. The SMILES string of the molecule is CNC(c1cccc(CC(C)C)c1)C(OC)OC. The summed E-state index contributed by atoms with van der Waals surface area (Å²) >= 11 is 0. The predicted octanol–water partition coefficient (Wildman–Crippen LogP) is 2.76. The van der Waals surface area contributed by atoms with Crippen LogP contribution in [0.4, 0.5) is 0 Å². The fourth-order valence-electron chi connectivity index (χ4n) is 2.21. The van der Waals surface area contributed by atoms with Gasteiger partial charge in [0.15, 0.2) is 6.29 Å². The molecule has 0 radical (unpaired) electrons. The first kappa shape index (κ1) is 15.2. The maximum Gasteiger partial charge on any atom is 0.176 e. The fourth-order valence-corrected chi connectivity index (χ4v) is 2.21. The Labute approximate surface area is 110 Å². The summed E-state index contributed by atoms with van der Waals surface area (Å²) in [5.74, 6) is 0.661. The van der Waals surface area contributed by atoms with Crippen molar-refractivity contribution >= 4 is 0 Å². The van der Waals surface area contributed by atoms with Crippen LogP contribution in [0.15, 0.2) is 24.3 Å².